The Morgan fingerprint density at radius 3 is 2.43 bits per heavy atom. The number of carbonyl (C=O) groups excluding carboxylic acids is 1. The molecule has 2 aromatic rings. The summed E-state index contributed by atoms with van der Waals surface area (Å²) in [4.78, 5) is 12.0. The number of nitrogens with two attached hydrogens (primary N) is 1. The van der Waals surface area contributed by atoms with Crippen LogP contribution in [-0.4, -0.2) is 5.91 Å². The molecule has 21 heavy (non-hydrogen) atoms. The fraction of sp³-hybridized carbons (Fsp3) is 0.133. The fourth-order valence-electron chi connectivity index (χ4n) is 1.92. The number of anilines is 1. The number of benzene rings is 2. The van der Waals surface area contributed by atoms with Crippen LogP contribution in [-0.2, 0) is 0 Å². The molecule has 0 saturated heterocycles. The Labute approximate surface area is 119 Å². The Balaban J connectivity index is 2.18. The van der Waals surface area contributed by atoms with Crippen LogP contribution in [0.1, 0.15) is 28.9 Å². The van der Waals surface area contributed by atoms with Gasteiger partial charge in [-0.15, -0.1) is 0 Å². The van der Waals surface area contributed by atoms with E-state index in [-0.39, 0.29) is 16.8 Å². The van der Waals surface area contributed by atoms with E-state index < -0.39 is 29.4 Å². The summed E-state index contributed by atoms with van der Waals surface area (Å²) in [5.74, 6) is -2.96. The average Bonchev–Trinajstić information content (AvgIpc) is 2.37. The molecular formula is C15H13F3N2O. The van der Waals surface area contributed by atoms with Gasteiger partial charge in [-0.25, -0.2) is 13.2 Å². The lowest BCUT2D eigenvalue weighted by atomic mass is 10.1. The van der Waals surface area contributed by atoms with E-state index in [2.05, 4.69) is 5.32 Å². The van der Waals surface area contributed by atoms with Crippen LogP contribution < -0.4 is 11.1 Å². The second kappa shape index (κ2) is 5.87. The Bertz CT molecular complexity index is 689. The quantitative estimate of drug-likeness (QED) is 0.854. The third kappa shape index (κ3) is 3.34. The van der Waals surface area contributed by atoms with E-state index in [9.17, 15) is 18.0 Å². The third-order valence-electron chi connectivity index (χ3n) is 3.01. The van der Waals surface area contributed by atoms with Crippen LogP contribution >= 0.6 is 0 Å². The lowest BCUT2D eigenvalue weighted by Crippen LogP contribution is -2.28. The zero-order valence-corrected chi connectivity index (χ0v) is 11.2. The van der Waals surface area contributed by atoms with Crippen LogP contribution in [0.4, 0.5) is 18.9 Å². The number of hydrogen-bond donors (Lipinski definition) is 2. The van der Waals surface area contributed by atoms with Crippen molar-refractivity contribution >= 4 is 11.6 Å². The maximum absolute atomic E-state index is 13.6. The Kier molecular flexibility index (Phi) is 4.16. The molecule has 1 unspecified atom stereocenters. The van der Waals surface area contributed by atoms with Crippen molar-refractivity contribution in [2.24, 2.45) is 0 Å². The van der Waals surface area contributed by atoms with Gasteiger partial charge in [0, 0.05) is 17.3 Å². The molecule has 0 aliphatic heterocycles. The van der Waals surface area contributed by atoms with Gasteiger partial charge >= 0.3 is 0 Å². The van der Waals surface area contributed by atoms with Crippen LogP contribution in [0.2, 0.25) is 0 Å². The monoisotopic (exact) mass is 294 g/mol. The lowest BCUT2D eigenvalue weighted by molar-refractivity contribution is 0.0935. The summed E-state index contributed by atoms with van der Waals surface area (Å²) >= 11 is 0. The van der Waals surface area contributed by atoms with E-state index in [1.165, 1.54) is 25.1 Å². The molecule has 0 saturated carbocycles. The minimum absolute atomic E-state index is 0.112. The van der Waals surface area contributed by atoms with Gasteiger partial charge in [0.25, 0.3) is 5.91 Å². The van der Waals surface area contributed by atoms with E-state index in [1.54, 1.807) is 0 Å². The van der Waals surface area contributed by atoms with Gasteiger partial charge in [-0.2, -0.15) is 0 Å². The molecular weight excluding hydrogens is 281 g/mol. The van der Waals surface area contributed by atoms with Crippen LogP contribution in [0.15, 0.2) is 36.4 Å². The summed E-state index contributed by atoms with van der Waals surface area (Å²) in [7, 11) is 0. The SMILES string of the molecule is CC(NC(=O)c1ccc(N)cc1F)c1ccc(F)cc1F. The van der Waals surface area contributed by atoms with Crippen molar-refractivity contribution in [2.75, 3.05) is 5.73 Å². The highest BCUT2D eigenvalue weighted by Crippen LogP contribution is 2.19. The van der Waals surface area contributed by atoms with Crippen molar-refractivity contribution in [3.05, 3.63) is 65.0 Å². The number of nitrogens with one attached hydrogen (secondary N) is 1. The molecule has 3 nitrogen and oxygen atoms in total. The second-order valence-corrected chi connectivity index (χ2v) is 4.60. The number of rotatable bonds is 3. The average molecular weight is 294 g/mol. The van der Waals surface area contributed by atoms with Crippen molar-refractivity contribution in [3.8, 4) is 0 Å². The van der Waals surface area contributed by atoms with Crippen molar-refractivity contribution in [1.82, 2.24) is 5.32 Å². The smallest absolute Gasteiger partial charge is 0.254 e. The minimum Gasteiger partial charge on any atom is -0.399 e. The first-order chi connectivity index (χ1) is 9.88. The third-order valence-corrected chi connectivity index (χ3v) is 3.01. The van der Waals surface area contributed by atoms with E-state index in [0.29, 0.717) is 0 Å². The van der Waals surface area contributed by atoms with Crippen molar-refractivity contribution < 1.29 is 18.0 Å². The Morgan fingerprint density at radius 1 is 1.10 bits per heavy atom. The van der Waals surface area contributed by atoms with E-state index in [0.717, 1.165) is 18.2 Å². The molecule has 3 N–H and O–H groups in total. The predicted molar refractivity (Wildman–Crippen MR) is 73.1 cm³/mol. The van der Waals surface area contributed by atoms with Crippen LogP contribution in [0.5, 0.6) is 0 Å². The number of nitrogen functional groups attached to an aromatic ring is 1. The van der Waals surface area contributed by atoms with E-state index >= 15 is 0 Å². The molecule has 110 valence electrons. The number of amides is 1. The second-order valence-electron chi connectivity index (χ2n) is 4.60. The molecule has 0 aliphatic rings. The molecule has 1 atom stereocenters. The topological polar surface area (TPSA) is 55.1 Å². The summed E-state index contributed by atoms with van der Waals surface area (Å²) in [6, 6.07) is 5.96. The van der Waals surface area contributed by atoms with Gasteiger partial charge in [-0.1, -0.05) is 6.07 Å². The summed E-state index contributed by atoms with van der Waals surface area (Å²) in [5, 5.41) is 2.45. The number of hydrogen-bond acceptors (Lipinski definition) is 2. The zero-order chi connectivity index (χ0) is 15.6. The standard InChI is InChI=1S/C15H13F3N2O/c1-8(11-4-2-9(16)6-13(11)17)20-15(21)12-5-3-10(19)7-14(12)18/h2-8H,19H2,1H3,(H,20,21). The predicted octanol–water partition coefficient (Wildman–Crippen LogP) is 3.18. The zero-order valence-electron chi connectivity index (χ0n) is 11.2. The van der Waals surface area contributed by atoms with Crippen molar-refractivity contribution in [1.29, 1.82) is 0 Å². The molecule has 2 aromatic carbocycles. The van der Waals surface area contributed by atoms with Crippen LogP contribution in [0, 0.1) is 17.5 Å². The minimum atomic E-state index is -0.777. The maximum Gasteiger partial charge on any atom is 0.254 e. The van der Waals surface area contributed by atoms with Crippen LogP contribution in [0.3, 0.4) is 0 Å². The first-order valence-corrected chi connectivity index (χ1v) is 6.19. The normalized spacial score (nSPS) is 12.0. The van der Waals surface area contributed by atoms with Gasteiger partial charge in [-0.3, -0.25) is 4.79 Å². The van der Waals surface area contributed by atoms with Gasteiger partial charge in [0.05, 0.1) is 11.6 Å². The van der Waals surface area contributed by atoms with Gasteiger partial charge in [-0.05, 0) is 31.2 Å². The molecule has 0 radical (unpaired) electrons. The highest BCUT2D eigenvalue weighted by molar-refractivity contribution is 5.95. The summed E-state index contributed by atoms with van der Waals surface area (Å²) < 4.78 is 40.1. The molecule has 0 aliphatic carbocycles. The summed E-state index contributed by atoms with van der Waals surface area (Å²) in [5.41, 5.74) is 5.51. The molecule has 6 heteroatoms. The van der Waals surface area contributed by atoms with Gasteiger partial charge in [0.1, 0.15) is 17.5 Å². The lowest BCUT2D eigenvalue weighted by Gasteiger charge is -2.15. The molecule has 1 amide bonds. The molecule has 0 aromatic heterocycles. The first kappa shape index (κ1) is 14.9. The highest BCUT2D eigenvalue weighted by atomic mass is 19.1. The summed E-state index contributed by atoms with van der Waals surface area (Å²) in [6.07, 6.45) is 0. The first-order valence-electron chi connectivity index (χ1n) is 6.19. The van der Waals surface area contributed by atoms with Gasteiger partial charge < -0.3 is 11.1 Å². The van der Waals surface area contributed by atoms with Crippen molar-refractivity contribution in [3.63, 3.8) is 0 Å². The van der Waals surface area contributed by atoms with Gasteiger partial charge in [0.2, 0.25) is 0 Å². The number of carbonyl (C=O) groups is 1. The molecule has 0 heterocycles. The van der Waals surface area contributed by atoms with E-state index in [1.807, 2.05) is 0 Å². The van der Waals surface area contributed by atoms with E-state index in [4.69, 9.17) is 5.73 Å². The Hall–Kier alpha value is -2.50. The van der Waals surface area contributed by atoms with Crippen LogP contribution in [0.25, 0.3) is 0 Å². The Morgan fingerprint density at radius 2 is 1.81 bits per heavy atom. The number of halogens is 3. The van der Waals surface area contributed by atoms with Crippen molar-refractivity contribution in [2.45, 2.75) is 13.0 Å². The molecule has 0 bridgehead atoms. The van der Waals surface area contributed by atoms with Gasteiger partial charge in [0.15, 0.2) is 0 Å². The fourth-order valence-corrected chi connectivity index (χ4v) is 1.92. The summed E-state index contributed by atoms with van der Waals surface area (Å²) in [6.45, 7) is 1.52. The molecule has 2 rings (SSSR count). The molecule has 0 spiro atoms. The maximum atomic E-state index is 13.6. The highest BCUT2D eigenvalue weighted by Gasteiger charge is 2.17. The largest absolute Gasteiger partial charge is 0.399 e. The molecule has 0 fully saturated rings.